The second-order valence-electron chi connectivity index (χ2n) is 2.34. The Morgan fingerprint density at radius 1 is 1.23 bits per heavy atom. The van der Waals surface area contributed by atoms with E-state index in [1.165, 1.54) is 7.28 Å². The lowest BCUT2D eigenvalue weighted by atomic mass is 9.76. The average Bonchev–Trinajstić information content (AvgIpc) is 2.55. The van der Waals surface area contributed by atoms with Gasteiger partial charge in [-0.05, 0) is 11.3 Å². The minimum Gasteiger partial charge on any atom is -0.303 e. The Morgan fingerprint density at radius 3 is 2.08 bits per heavy atom. The molecule has 2 rings (SSSR count). The molecular weight excluding hydrogens is 169 g/mol. The molecule has 1 aliphatic rings. The molecule has 1 aliphatic heterocycles. The lowest BCUT2D eigenvalue weighted by Crippen LogP contribution is -2.08. The van der Waals surface area contributed by atoms with Crippen molar-refractivity contribution in [3.05, 3.63) is 18.5 Å². The molecule has 1 radical (unpaired) electrons. The van der Waals surface area contributed by atoms with Gasteiger partial charge in [-0.15, -0.1) is 10.2 Å². The van der Waals surface area contributed by atoms with Crippen LogP contribution in [0, 0.1) is 0 Å². The fourth-order valence-electron chi connectivity index (χ4n) is 0.776. The van der Waals surface area contributed by atoms with Gasteiger partial charge in [0.2, 0.25) is 7.28 Å². The van der Waals surface area contributed by atoms with Crippen LogP contribution in [0.4, 0.5) is 0 Å². The first-order valence-electron chi connectivity index (χ1n) is 3.79. The average molecular weight is 176 g/mol. The Hall–Kier alpha value is -1.59. The van der Waals surface area contributed by atoms with Crippen molar-refractivity contribution in [3.8, 4) is 0 Å². The van der Waals surface area contributed by atoms with Gasteiger partial charge < -0.3 is 4.79 Å². The van der Waals surface area contributed by atoms with Crippen LogP contribution in [-0.4, -0.2) is 34.2 Å². The van der Waals surface area contributed by atoms with Crippen LogP contribution in [0.5, 0.6) is 0 Å². The fourth-order valence-corrected chi connectivity index (χ4v) is 0.776. The van der Waals surface area contributed by atoms with Crippen molar-refractivity contribution in [2.75, 3.05) is 0 Å². The van der Waals surface area contributed by atoms with Crippen molar-refractivity contribution < 1.29 is 9.59 Å². The molecule has 0 saturated carbocycles. The predicted molar refractivity (Wildman–Crippen MR) is 45.0 cm³/mol. The number of ketones is 1. The normalized spacial score (nSPS) is 14.5. The molecule has 0 N–H and O–H groups in total. The quantitative estimate of drug-likeness (QED) is 0.392. The second-order valence-corrected chi connectivity index (χ2v) is 2.34. The zero-order chi connectivity index (χ0) is 9.52. The molecular formula is C7H7BN3O2. The summed E-state index contributed by atoms with van der Waals surface area (Å²) in [6, 6.07) is 1.72. The van der Waals surface area contributed by atoms with E-state index in [2.05, 4.69) is 15.4 Å². The van der Waals surface area contributed by atoms with E-state index in [1.54, 1.807) is 18.5 Å². The molecule has 0 bridgehead atoms. The summed E-state index contributed by atoms with van der Waals surface area (Å²) in [6.45, 7) is 0. The van der Waals surface area contributed by atoms with Crippen LogP contribution in [0.3, 0.4) is 0 Å². The molecule has 0 aromatic carbocycles. The van der Waals surface area contributed by atoms with Gasteiger partial charge in [-0.2, -0.15) is 0 Å². The molecule has 1 fully saturated rings. The number of hydrogen-bond donors (Lipinski definition) is 0. The summed E-state index contributed by atoms with van der Waals surface area (Å²) in [5.41, 5.74) is -0.306. The number of nitrogens with zero attached hydrogens (tertiary/aromatic N) is 3. The van der Waals surface area contributed by atoms with Crippen molar-refractivity contribution in [1.29, 1.82) is 0 Å². The van der Waals surface area contributed by atoms with E-state index < -0.39 is 0 Å². The fraction of sp³-hybridized carbons (Fsp3) is 0.286. The molecule has 65 valence electrons. The van der Waals surface area contributed by atoms with E-state index in [0.717, 1.165) is 0 Å². The molecule has 1 saturated heterocycles. The molecule has 0 amide bonds. The zero-order valence-electron chi connectivity index (χ0n) is 6.88. The first kappa shape index (κ1) is 9.50. The van der Waals surface area contributed by atoms with E-state index in [4.69, 9.17) is 0 Å². The number of rotatable bonds is 0. The van der Waals surface area contributed by atoms with Gasteiger partial charge in [-0.25, -0.2) is 0 Å². The van der Waals surface area contributed by atoms with Crippen LogP contribution in [0.15, 0.2) is 18.5 Å². The van der Waals surface area contributed by atoms with Gasteiger partial charge in [0, 0.05) is 6.42 Å². The number of Topliss-reactive ketones (excluding diaryl/α,β-unsaturated/α-hetero) is 1. The SMILES string of the molecule is O=C1[B]CCC1=O.c1cnnnc1. The van der Waals surface area contributed by atoms with Gasteiger partial charge in [-0.1, -0.05) is 6.32 Å². The van der Waals surface area contributed by atoms with Crippen LogP contribution in [0.2, 0.25) is 6.32 Å². The zero-order valence-corrected chi connectivity index (χ0v) is 6.88. The third-order valence-electron chi connectivity index (χ3n) is 1.38. The summed E-state index contributed by atoms with van der Waals surface area (Å²) < 4.78 is 0. The third kappa shape index (κ3) is 3.55. The Bertz CT molecular complexity index is 250. The molecule has 2 heterocycles. The minimum absolute atomic E-state index is 0.236. The highest BCUT2D eigenvalue weighted by Gasteiger charge is 2.20. The van der Waals surface area contributed by atoms with E-state index in [1.807, 2.05) is 0 Å². The van der Waals surface area contributed by atoms with E-state index >= 15 is 0 Å². The number of carbonyl (C=O) groups is 2. The summed E-state index contributed by atoms with van der Waals surface area (Å²) in [7, 11) is 1.43. The molecule has 6 heteroatoms. The lowest BCUT2D eigenvalue weighted by molar-refractivity contribution is -0.131. The Balaban J connectivity index is 0.000000132. The topological polar surface area (TPSA) is 72.8 Å². The Labute approximate surface area is 75.8 Å². The Morgan fingerprint density at radius 2 is 1.92 bits per heavy atom. The van der Waals surface area contributed by atoms with Crippen LogP contribution in [0.1, 0.15) is 6.42 Å². The van der Waals surface area contributed by atoms with Crippen LogP contribution in [-0.2, 0) is 9.59 Å². The highest BCUT2D eigenvalue weighted by Crippen LogP contribution is 2.00. The van der Waals surface area contributed by atoms with Crippen molar-refractivity contribution in [2.24, 2.45) is 0 Å². The number of aromatic nitrogens is 3. The van der Waals surface area contributed by atoms with E-state index in [9.17, 15) is 9.59 Å². The van der Waals surface area contributed by atoms with Crippen LogP contribution >= 0.6 is 0 Å². The number of hydrogen-bond acceptors (Lipinski definition) is 5. The van der Waals surface area contributed by atoms with Crippen LogP contribution in [0.25, 0.3) is 0 Å². The van der Waals surface area contributed by atoms with Crippen molar-refractivity contribution >= 4 is 18.7 Å². The van der Waals surface area contributed by atoms with Gasteiger partial charge in [0.25, 0.3) is 0 Å². The van der Waals surface area contributed by atoms with Gasteiger partial charge >= 0.3 is 0 Å². The second kappa shape index (κ2) is 5.13. The summed E-state index contributed by atoms with van der Waals surface area (Å²) >= 11 is 0. The van der Waals surface area contributed by atoms with E-state index in [0.29, 0.717) is 12.7 Å². The summed E-state index contributed by atoms with van der Waals surface area (Å²) in [6.07, 6.45) is 4.23. The molecule has 0 unspecified atom stereocenters. The highest BCUT2D eigenvalue weighted by atomic mass is 16.2. The summed E-state index contributed by atoms with van der Waals surface area (Å²) in [5.74, 6) is -0.236. The largest absolute Gasteiger partial charge is 0.303 e. The first-order chi connectivity index (χ1) is 6.30. The number of carbonyl (C=O) groups excluding carboxylic acids is 2. The molecule has 1 aromatic rings. The standard InChI is InChI=1S/C4H4BO2.C3H3N3/c6-3-1-2-5-4(3)7;1-2-4-6-5-3-1/h1-2H2;1-3H. The van der Waals surface area contributed by atoms with Gasteiger partial charge in [0.1, 0.15) is 5.68 Å². The third-order valence-corrected chi connectivity index (χ3v) is 1.38. The molecule has 0 aliphatic carbocycles. The van der Waals surface area contributed by atoms with Crippen molar-refractivity contribution in [1.82, 2.24) is 15.4 Å². The highest BCUT2D eigenvalue weighted by molar-refractivity contribution is 6.91. The molecule has 0 spiro atoms. The van der Waals surface area contributed by atoms with Gasteiger partial charge in [-0.3, -0.25) is 4.79 Å². The molecule has 13 heavy (non-hydrogen) atoms. The smallest absolute Gasteiger partial charge is 0.213 e. The monoisotopic (exact) mass is 176 g/mol. The molecule has 1 aromatic heterocycles. The van der Waals surface area contributed by atoms with Crippen molar-refractivity contribution in [3.63, 3.8) is 0 Å². The minimum atomic E-state index is -0.306. The predicted octanol–water partition coefficient (Wildman–Crippen LogP) is -0.520. The first-order valence-corrected chi connectivity index (χ1v) is 3.79. The van der Waals surface area contributed by atoms with Crippen LogP contribution < -0.4 is 0 Å². The maximum Gasteiger partial charge on any atom is 0.213 e. The van der Waals surface area contributed by atoms with Gasteiger partial charge in [0.15, 0.2) is 5.78 Å². The summed E-state index contributed by atoms with van der Waals surface area (Å²) in [4.78, 5) is 20.4. The molecule has 5 nitrogen and oxygen atoms in total. The lowest BCUT2D eigenvalue weighted by Gasteiger charge is -1.73. The summed E-state index contributed by atoms with van der Waals surface area (Å²) in [5, 5.41) is 10.1. The maximum absolute atomic E-state index is 10.2. The molecule has 0 atom stereocenters. The van der Waals surface area contributed by atoms with E-state index in [-0.39, 0.29) is 11.5 Å². The van der Waals surface area contributed by atoms with Crippen molar-refractivity contribution in [2.45, 2.75) is 12.7 Å². The maximum atomic E-state index is 10.2. The Kier molecular flexibility index (Phi) is 3.75. The van der Waals surface area contributed by atoms with Gasteiger partial charge in [0.05, 0.1) is 12.4 Å².